The van der Waals surface area contributed by atoms with Crippen molar-refractivity contribution < 1.29 is 9.59 Å². The highest BCUT2D eigenvalue weighted by Crippen LogP contribution is 2.12. The first-order valence-electron chi connectivity index (χ1n) is 7.58. The Bertz CT molecular complexity index is 728. The van der Waals surface area contributed by atoms with E-state index in [4.69, 9.17) is 5.73 Å². The highest BCUT2D eigenvalue weighted by Gasteiger charge is 2.27. The molecule has 2 amide bonds. The summed E-state index contributed by atoms with van der Waals surface area (Å²) < 4.78 is 1.59. The highest BCUT2D eigenvalue weighted by molar-refractivity contribution is 5.81. The van der Waals surface area contributed by atoms with Crippen LogP contribution in [-0.4, -0.2) is 69.8 Å². The van der Waals surface area contributed by atoms with Crippen LogP contribution in [0.15, 0.2) is 24.3 Å². The molecule has 1 fully saturated rings. The van der Waals surface area contributed by atoms with Crippen molar-refractivity contribution in [3.8, 4) is 0 Å². The Balaban J connectivity index is 1.75. The Hall–Kier alpha value is -2.48. The number of fused-ring (bicyclic) bond motifs is 1. The van der Waals surface area contributed by atoms with Crippen molar-refractivity contribution in [2.45, 2.75) is 6.54 Å². The van der Waals surface area contributed by atoms with Gasteiger partial charge in [-0.1, -0.05) is 17.3 Å². The molecule has 1 aliphatic heterocycles. The first-order chi connectivity index (χ1) is 11.0. The lowest BCUT2D eigenvalue weighted by Crippen LogP contribution is -2.41. The molecule has 0 bridgehead atoms. The van der Waals surface area contributed by atoms with E-state index in [0.29, 0.717) is 26.2 Å². The highest BCUT2D eigenvalue weighted by atomic mass is 16.2. The molecule has 0 spiro atoms. The van der Waals surface area contributed by atoms with E-state index in [1.807, 2.05) is 36.2 Å². The van der Waals surface area contributed by atoms with Crippen molar-refractivity contribution in [1.29, 1.82) is 0 Å². The summed E-state index contributed by atoms with van der Waals surface area (Å²) in [5, 5.41) is 8.09. The van der Waals surface area contributed by atoms with Crippen LogP contribution < -0.4 is 5.73 Å². The van der Waals surface area contributed by atoms with Gasteiger partial charge in [-0.15, -0.1) is 5.10 Å². The molecule has 2 aromatic rings. The SMILES string of the molecule is CN1CCN(C(=O)Cn2nnc3ccccc32)CC(C(N)=O)C1. The number of carbonyl (C=O) groups is 2. The molecule has 3 rings (SSSR count). The molecule has 2 heterocycles. The van der Waals surface area contributed by atoms with Crippen LogP contribution in [0.5, 0.6) is 0 Å². The number of benzene rings is 1. The van der Waals surface area contributed by atoms with Crippen LogP contribution in [0.4, 0.5) is 0 Å². The van der Waals surface area contributed by atoms with Gasteiger partial charge in [-0.25, -0.2) is 4.68 Å². The van der Waals surface area contributed by atoms with Crippen molar-refractivity contribution in [2.24, 2.45) is 11.7 Å². The van der Waals surface area contributed by atoms with Crippen molar-refractivity contribution in [3.05, 3.63) is 24.3 Å². The van der Waals surface area contributed by atoms with Crippen LogP contribution in [-0.2, 0) is 16.1 Å². The van der Waals surface area contributed by atoms with E-state index in [1.54, 1.807) is 9.58 Å². The summed E-state index contributed by atoms with van der Waals surface area (Å²) in [6.07, 6.45) is 0. The topological polar surface area (TPSA) is 97.3 Å². The number of hydrogen-bond acceptors (Lipinski definition) is 5. The number of nitrogens with zero attached hydrogens (tertiary/aromatic N) is 5. The molecule has 1 atom stereocenters. The fourth-order valence-electron chi connectivity index (χ4n) is 2.84. The number of amides is 2. The van der Waals surface area contributed by atoms with Gasteiger partial charge in [-0.05, 0) is 19.2 Å². The molecule has 1 saturated heterocycles. The quantitative estimate of drug-likeness (QED) is 0.808. The number of hydrogen-bond donors (Lipinski definition) is 1. The second-order valence-corrected chi connectivity index (χ2v) is 5.94. The maximum atomic E-state index is 12.6. The van der Waals surface area contributed by atoms with E-state index in [0.717, 1.165) is 11.0 Å². The number of primary amides is 1. The van der Waals surface area contributed by atoms with Crippen molar-refractivity contribution >= 4 is 22.8 Å². The van der Waals surface area contributed by atoms with Crippen LogP contribution in [0.1, 0.15) is 0 Å². The molecule has 1 aromatic carbocycles. The van der Waals surface area contributed by atoms with Gasteiger partial charge in [0.25, 0.3) is 0 Å². The normalized spacial score (nSPS) is 19.7. The standard InChI is InChI=1S/C15H20N6O2/c1-19-6-7-20(9-11(8-19)15(16)23)14(22)10-21-13-5-3-2-4-12(13)17-18-21/h2-5,11H,6-10H2,1H3,(H2,16,23). The zero-order chi connectivity index (χ0) is 16.4. The van der Waals surface area contributed by atoms with Crippen molar-refractivity contribution in [3.63, 3.8) is 0 Å². The van der Waals surface area contributed by atoms with Gasteiger partial charge in [-0.3, -0.25) is 9.59 Å². The summed E-state index contributed by atoms with van der Waals surface area (Å²) in [4.78, 5) is 27.9. The molecule has 1 aliphatic rings. The van der Waals surface area contributed by atoms with E-state index >= 15 is 0 Å². The lowest BCUT2D eigenvalue weighted by molar-refractivity contribution is -0.133. The number of likely N-dealkylation sites (N-methyl/N-ethyl adjacent to an activating group) is 1. The Kier molecular flexibility index (Phi) is 4.24. The van der Waals surface area contributed by atoms with Crippen molar-refractivity contribution in [2.75, 3.05) is 33.2 Å². The van der Waals surface area contributed by atoms with Crippen LogP contribution in [0.3, 0.4) is 0 Å². The average Bonchev–Trinajstić information content (AvgIpc) is 2.81. The molecule has 0 radical (unpaired) electrons. The molecule has 1 unspecified atom stereocenters. The third-order valence-electron chi connectivity index (χ3n) is 4.18. The maximum Gasteiger partial charge on any atom is 0.244 e. The minimum absolute atomic E-state index is 0.0813. The number of nitrogens with two attached hydrogens (primary N) is 1. The van der Waals surface area contributed by atoms with Gasteiger partial charge < -0.3 is 15.5 Å². The molecular formula is C15H20N6O2. The molecule has 8 nitrogen and oxygen atoms in total. The summed E-state index contributed by atoms with van der Waals surface area (Å²) >= 11 is 0. The summed E-state index contributed by atoms with van der Waals surface area (Å²) in [5.74, 6) is -0.802. The van der Waals surface area contributed by atoms with E-state index in [1.165, 1.54) is 0 Å². The number of rotatable bonds is 3. The number of carbonyl (C=O) groups excluding carboxylic acids is 2. The monoisotopic (exact) mass is 316 g/mol. The second kappa shape index (κ2) is 6.33. The van der Waals surface area contributed by atoms with E-state index < -0.39 is 0 Å². The minimum atomic E-state index is -0.372. The fourth-order valence-corrected chi connectivity index (χ4v) is 2.84. The maximum absolute atomic E-state index is 12.6. The van der Waals surface area contributed by atoms with Gasteiger partial charge >= 0.3 is 0 Å². The van der Waals surface area contributed by atoms with Crippen LogP contribution in [0.2, 0.25) is 0 Å². The third kappa shape index (κ3) is 3.31. The zero-order valence-electron chi connectivity index (χ0n) is 13.1. The summed E-state index contributed by atoms with van der Waals surface area (Å²) in [6.45, 7) is 2.32. The zero-order valence-corrected chi connectivity index (χ0v) is 13.1. The Morgan fingerprint density at radius 2 is 2.04 bits per heavy atom. The number of aromatic nitrogens is 3. The molecule has 0 aliphatic carbocycles. The molecule has 8 heteroatoms. The first kappa shape index (κ1) is 15.4. The van der Waals surface area contributed by atoms with Gasteiger partial charge in [0, 0.05) is 26.2 Å². The van der Waals surface area contributed by atoms with Gasteiger partial charge in [0.15, 0.2) is 0 Å². The Morgan fingerprint density at radius 3 is 2.83 bits per heavy atom. The predicted octanol–water partition coefficient (Wildman–Crippen LogP) is -0.693. The Labute approximate surface area is 133 Å². The average molecular weight is 316 g/mol. The molecular weight excluding hydrogens is 296 g/mol. The molecule has 122 valence electrons. The largest absolute Gasteiger partial charge is 0.369 e. The van der Waals surface area contributed by atoms with Gasteiger partial charge in [-0.2, -0.15) is 0 Å². The lowest BCUT2D eigenvalue weighted by atomic mass is 10.1. The molecule has 2 N–H and O–H groups in total. The second-order valence-electron chi connectivity index (χ2n) is 5.94. The van der Waals surface area contributed by atoms with Crippen molar-refractivity contribution in [1.82, 2.24) is 24.8 Å². The van der Waals surface area contributed by atoms with Crippen LogP contribution in [0, 0.1) is 5.92 Å². The van der Waals surface area contributed by atoms with Gasteiger partial charge in [0.05, 0.1) is 11.4 Å². The van der Waals surface area contributed by atoms with E-state index in [2.05, 4.69) is 10.3 Å². The van der Waals surface area contributed by atoms with E-state index in [-0.39, 0.29) is 24.3 Å². The summed E-state index contributed by atoms with van der Waals surface area (Å²) in [5.41, 5.74) is 7.01. The van der Waals surface area contributed by atoms with Crippen LogP contribution >= 0.6 is 0 Å². The van der Waals surface area contributed by atoms with Gasteiger partial charge in [0.1, 0.15) is 12.1 Å². The Morgan fingerprint density at radius 1 is 1.26 bits per heavy atom. The molecule has 1 aromatic heterocycles. The summed E-state index contributed by atoms with van der Waals surface area (Å²) in [6, 6.07) is 7.50. The molecule has 0 saturated carbocycles. The fraction of sp³-hybridized carbons (Fsp3) is 0.467. The van der Waals surface area contributed by atoms with Crippen LogP contribution in [0.25, 0.3) is 11.0 Å². The van der Waals surface area contributed by atoms with Gasteiger partial charge in [0.2, 0.25) is 11.8 Å². The number of para-hydroxylation sites is 1. The third-order valence-corrected chi connectivity index (χ3v) is 4.18. The lowest BCUT2D eigenvalue weighted by Gasteiger charge is -2.22. The first-order valence-corrected chi connectivity index (χ1v) is 7.58. The summed E-state index contributed by atoms with van der Waals surface area (Å²) in [7, 11) is 1.93. The van der Waals surface area contributed by atoms with E-state index in [9.17, 15) is 9.59 Å². The predicted molar refractivity (Wildman–Crippen MR) is 84.3 cm³/mol. The minimum Gasteiger partial charge on any atom is -0.369 e. The molecule has 23 heavy (non-hydrogen) atoms. The smallest absolute Gasteiger partial charge is 0.244 e.